The lowest BCUT2D eigenvalue weighted by atomic mass is 10.2. The summed E-state index contributed by atoms with van der Waals surface area (Å²) in [5, 5.41) is -0.258. The Labute approximate surface area is 170 Å². The fraction of sp³-hybridized carbons (Fsp3) is 0.556. The highest BCUT2D eigenvalue weighted by Crippen LogP contribution is 2.66. The number of halogens is 2. The van der Waals surface area contributed by atoms with Crippen LogP contribution < -0.4 is 5.56 Å². The summed E-state index contributed by atoms with van der Waals surface area (Å²) in [6, 6.07) is 0. The molecule has 1 fully saturated rings. The molecule has 14 nitrogen and oxygen atoms in total. The van der Waals surface area contributed by atoms with Gasteiger partial charge in [0.1, 0.15) is 17.9 Å². The van der Waals surface area contributed by atoms with Crippen LogP contribution in [0.5, 0.6) is 0 Å². The van der Waals surface area contributed by atoms with E-state index in [0.717, 1.165) is 10.8 Å². The van der Waals surface area contributed by atoms with E-state index in [2.05, 4.69) is 18.1 Å². The standard InChI is InChI=1S/C9H13ClFN2O12P3S/c10-5-3-13(8(29)12-7(5)14)6-1-2-9(11,23-6)4-22-27(18,19)25-28(20,21)24-26(15,16)17/h3,6H,1-2,4H2,(H,18,19)(H,20,21)(H,12,14,29)(H2,15,16,17)/t6-,9+/m1/s1. The van der Waals surface area contributed by atoms with Crippen LogP contribution in [0.4, 0.5) is 4.39 Å². The SMILES string of the molecule is O=c1[nH]c(=S)n([C@H]2CC[C@@](F)(COP(=O)(O)OP(=O)(O)OP(=O)(O)O)O2)cc1Cl. The summed E-state index contributed by atoms with van der Waals surface area (Å²) >= 11 is 10.6. The molecule has 1 aromatic rings. The maximum absolute atomic E-state index is 14.7. The third-order valence-electron chi connectivity index (χ3n) is 3.21. The minimum Gasteiger partial charge on any atom is -0.320 e. The molecule has 0 radical (unpaired) electrons. The fourth-order valence-corrected chi connectivity index (χ4v) is 5.62. The number of phosphoric acid groups is 3. The van der Waals surface area contributed by atoms with Crippen molar-refractivity contribution in [3.63, 3.8) is 0 Å². The molecule has 166 valence electrons. The number of aromatic amines is 1. The fourth-order valence-electron chi connectivity index (χ4n) is 2.16. The number of ether oxygens (including phenoxy) is 1. The quantitative estimate of drug-likeness (QED) is 0.245. The van der Waals surface area contributed by atoms with Crippen molar-refractivity contribution < 1.29 is 55.5 Å². The third kappa shape index (κ3) is 7.40. The number of hydrogen-bond acceptors (Lipinski definition) is 9. The van der Waals surface area contributed by atoms with E-state index in [0.29, 0.717) is 0 Å². The first kappa shape index (κ1) is 25.0. The molecular formula is C9H13ClFN2O12P3S. The Balaban J connectivity index is 2.04. The summed E-state index contributed by atoms with van der Waals surface area (Å²) in [6.45, 7) is -1.28. The summed E-state index contributed by atoms with van der Waals surface area (Å²) in [5.41, 5.74) is -0.676. The molecule has 1 saturated heterocycles. The van der Waals surface area contributed by atoms with Gasteiger partial charge in [-0.05, 0) is 18.6 Å². The highest BCUT2D eigenvalue weighted by molar-refractivity contribution is 7.71. The molecule has 4 atom stereocenters. The summed E-state index contributed by atoms with van der Waals surface area (Å²) in [5.74, 6) is -2.69. The van der Waals surface area contributed by atoms with Crippen LogP contribution in [0.2, 0.25) is 5.02 Å². The number of H-pyrrole nitrogens is 1. The highest BCUT2D eigenvalue weighted by Gasteiger charge is 2.46. The van der Waals surface area contributed by atoms with Gasteiger partial charge in [0.25, 0.3) is 5.56 Å². The molecule has 0 aliphatic carbocycles. The number of phosphoric ester groups is 1. The van der Waals surface area contributed by atoms with E-state index in [1.807, 2.05) is 0 Å². The van der Waals surface area contributed by atoms with Gasteiger partial charge in [-0.2, -0.15) is 8.62 Å². The second-order valence-corrected chi connectivity index (χ2v) is 10.7. The molecule has 5 N–H and O–H groups in total. The van der Waals surface area contributed by atoms with Crippen LogP contribution in [0.1, 0.15) is 19.1 Å². The number of alkyl halides is 1. The highest BCUT2D eigenvalue weighted by atomic mass is 35.5. The van der Waals surface area contributed by atoms with Gasteiger partial charge in [-0.1, -0.05) is 11.6 Å². The number of hydrogen-bond donors (Lipinski definition) is 5. The van der Waals surface area contributed by atoms with E-state index in [1.54, 1.807) is 0 Å². The van der Waals surface area contributed by atoms with Crippen molar-refractivity contribution in [1.29, 1.82) is 0 Å². The Morgan fingerprint density at radius 1 is 1.31 bits per heavy atom. The first-order chi connectivity index (χ1) is 13.0. The molecule has 0 spiro atoms. The Kier molecular flexibility index (Phi) is 7.46. The van der Waals surface area contributed by atoms with Crippen LogP contribution in [-0.4, -0.2) is 41.6 Å². The second kappa shape index (κ2) is 8.67. The minimum atomic E-state index is -5.73. The van der Waals surface area contributed by atoms with Gasteiger partial charge in [0.2, 0.25) is 5.85 Å². The van der Waals surface area contributed by atoms with E-state index < -0.39 is 54.1 Å². The van der Waals surface area contributed by atoms with Crippen LogP contribution in [0.25, 0.3) is 0 Å². The molecule has 0 amide bonds. The second-order valence-electron chi connectivity index (χ2n) is 5.50. The van der Waals surface area contributed by atoms with Crippen LogP contribution in [0.3, 0.4) is 0 Å². The average Bonchev–Trinajstić information content (AvgIpc) is 2.88. The molecular weight excluding hydrogens is 508 g/mol. The predicted octanol–water partition coefficient (Wildman–Crippen LogP) is 1.88. The van der Waals surface area contributed by atoms with Crippen molar-refractivity contribution in [2.45, 2.75) is 24.9 Å². The van der Waals surface area contributed by atoms with Gasteiger partial charge in [-0.25, -0.2) is 18.1 Å². The smallest absolute Gasteiger partial charge is 0.320 e. The van der Waals surface area contributed by atoms with Crippen LogP contribution in [0, 0.1) is 4.77 Å². The molecule has 1 aromatic heterocycles. The van der Waals surface area contributed by atoms with Crippen molar-refractivity contribution in [2.75, 3.05) is 6.61 Å². The zero-order valence-electron chi connectivity index (χ0n) is 13.8. The van der Waals surface area contributed by atoms with Gasteiger partial charge < -0.3 is 24.3 Å². The first-order valence-electron chi connectivity index (χ1n) is 7.17. The number of rotatable bonds is 8. The van der Waals surface area contributed by atoms with E-state index in [1.165, 1.54) is 0 Å². The van der Waals surface area contributed by atoms with Crippen LogP contribution in [0.15, 0.2) is 11.0 Å². The molecule has 1 aliphatic heterocycles. The summed E-state index contributed by atoms with van der Waals surface area (Å²) < 4.78 is 65.4. The predicted molar refractivity (Wildman–Crippen MR) is 93.9 cm³/mol. The number of nitrogens with one attached hydrogen (secondary N) is 1. The van der Waals surface area contributed by atoms with Crippen molar-refractivity contribution in [3.8, 4) is 0 Å². The Bertz CT molecular complexity index is 1040. The average molecular weight is 521 g/mol. The number of aromatic nitrogens is 2. The van der Waals surface area contributed by atoms with Gasteiger partial charge >= 0.3 is 23.5 Å². The van der Waals surface area contributed by atoms with Gasteiger partial charge in [-0.3, -0.25) is 18.9 Å². The van der Waals surface area contributed by atoms with E-state index >= 15 is 0 Å². The monoisotopic (exact) mass is 520 g/mol. The minimum absolute atomic E-state index is 0.0348. The zero-order valence-corrected chi connectivity index (χ0v) is 18.0. The van der Waals surface area contributed by atoms with Gasteiger partial charge in [0.15, 0.2) is 4.77 Å². The maximum Gasteiger partial charge on any atom is 0.490 e. The summed E-state index contributed by atoms with van der Waals surface area (Å²) in [4.78, 5) is 48.9. The molecule has 2 unspecified atom stereocenters. The first-order valence-corrected chi connectivity index (χ1v) is 12.5. The molecule has 1 aliphatic rings. The molecule has 0 saturated carbocycles. The van der Waals surface area contributed by atoms with Gasteiger partial charge in [0, 0.05) is 12.6 Å². The molecule has 2 heterocycles. The lowest BCUT2D eigenvalue weighted by Gasteiger charge is -2.23. The summed E-state index contributed by atoms with van der Waals surface area (Å²) in [7, 11) is -16.8. The van der Waals surface area contributed by atoms with Crippen LogP contribution >= 0.6 is 47.3 Å². The largest absolute Gasteiger partial charge is 0.490 e. The summed E-state index contributed by atoms with van der Waals surface area (Å²) in [6.07, 6.45) is -0.410. The van der Waals surface area contributed by atoms with Crippen molar-refractivity contribution >= 4 is 47.3 Å². The van der Waals surface area contributed by atoms with E-state index in [4.69, 9.17) is 43.2 Å². The van der Waals surface area contributed by atoms with Gasteiger partial charge in [-0.15, -0.1) is 0 Å². The van der Waals surface area contributed by atoms with Crippen LogP contribution in [-0.2, 0) is 31.6 Å². The Morgan fingerprint density at radius 3 is 2.52 bits per heavy atom. The van der Waals surface area contributed by atoms with E-state index in [-0.39, 0.29) is 16.2 Å². The zero-order chi connectivity index (χ0) is 22.3. The molecule has 20 heteroatoms. The molecule has 0 bridgehead atoms. The molecule has 2 rings (SSSR count). The normalized spacial score (nSPS) is 26.8. The number of nitrogens with zero attached hydrogens (tertiary/aromatic N) is 1. The lowest BCUT2D eigenvalue weighted by molar-refractivity contribution is -0.174. The van der Waals surface area contributed by atoms with Gasteiger partial charge in [0.05, 0.1) is 0 Å². The Hall–Kier alpha value is -0.310. The van der Waals surface area contributed by atoms with Crippen molar-refractivity contribution in [2.24, 2.45) is 0 Å². The Morgan fingerprint density at radius 2 is 1.93 bits per heavy atom. The topological polar surface area (TPSA) is 207 Å². The molecule has 0 aromatic carbocycles. The third-order valence-corrected chi connectivity index (χ3v) is 7.57. The molecule has 29 heavy (non-hydrogen) atoms. The lowest BCUT2D eigenvalue weighted by Crippen LogP contribution is -2.29. The maximum atomic E-state index is 14.7. The van der Waals surface area contributed by atoms with Crippen molar-refractivity contribution in [1.82, 2.24) is 9.55 Å². The van der Waals surface area contributed by atoms with Crippen molar-refractivity contribution in [3.05, 3.63) is 26.3 Å². The van der Waals surface area contributed by atoms with E-state index in [9.17, 15) is 27.8 Å².